The number of hydrogen-bond acceptors (Lipinski definition) is 4. The van der Waals surface area contributed by atoms with E-state index in [2.05, 4.69) is 10.3 Å². The fourth-order valence-electron chi connectivity index (χ4n) is 1.43. The van der Waals surface area contributed by atoms with Crippen molar-refractivity contribution >= 4 is 33.0 Å². The molecule has 0 bridgehead atoms. The summed E-state index contributed by atoms with van der Waals surface area (Å²) in [5, 5.41) is 4.07. The van der Waals surface area contributed by atoms with Gasteiger partial charge in [-0.2, -0.15) is 0 Å². The molecule has 2 heterocycles. The van der Waals surface area contributed by atoms with Crippen molar-refractivity contribution in [1.82, 2.24) is 4.98 Å². The van der Waals surface area contributed by atoms with Gasteiger partial charge in [0.15, 0.2) is 5.78 Å². The first-order valence-electron chi connectivity index (χ1n) is 6.30. The van der Waals surface area contributed by atoms with E-state index < -0.39 is 0 Å². The number of Topliss-reactive ketones (excluding diaryl/α,β-unsaturated/α-hetero) is 1. The van der Waals surface area contributed by atoms with Crippen LogP contribution in [0.4, 0.5) is 5.69 Å². The van der Waals surface area contributed by atoms with Crippen LogP contribution in [0.2, 0.25) is 0 Å². The number of anilines is 1. The summed E-state index contributed by atoms with van der Waals surface area (Å²) in [5.41, 5.74) is 0.894. The third-order valence-corrected chi connectivity index (χ3v) is 3.25. The zero-order valence-electron chi connectivity index (χ0n) is 12.0. The molecule has 2 aromatic heterocycles. The summed E-state index contributed by atoms with van der Waals surface area (Å²) < 4.78 is 0. The minimum Gasteiger partial charge on any atom is -0.386 e. The molecule has 2 aromatic rings. The predicted octanol–water partition coefficient (Wildman–Crippen LogP) is 4.59. The summed E-state index contributed by atoms with van der Waals surface area (Å²) in [7, 11) is 1.82. The van der Waals surface area contributed by atoms with Crippen LogP contribution in [-0.2, 0) is 0 Å². The lowest BCUT2D eigenvalue weighted by Crippen LogP contribution is -1.95. The van der Waals surface area contributed by atoms with E-state index in [-0.39, 0.29) is 5.78 Å². The van der Waals surface area contributed by atoms with Crippen molar-refractivity contribution in [2.45, 2.75) is 34.6 Å². The monoisotopic (exact) mass is 266 g/mol. The van der Waals surface area contributed by atoms with Crippen molar-refractivity contribution in [2.75, 3.05) is 12.4 Å². The van der Waals surface area contributed by atoms with Gasteiger partial charge < -0.3 is 5.32 Å². The Balaban J connectivity index is 0.000000659. The van der Waals surface area contributed by atoms with Gasteiger partial charge in [-0.25, -0.2) is 4.98 Å². The predicted molar refractivity (Wildman–Crippen MR) is 81.9 cm³/mol. The molecule has 2 rings (SSSR count). The number of nitrogens with one attached hydrogen (secondary N) is 1. The van der Waals surface area contributed by atoms with Crippen molar-refractivity contribution in [3.63, 3.8) is 0 Å². The summed E-state index contributed by atoms with van der Waals surface area (Å²) in [6.07, 6.45) is 1.74. The summed E-state index contributed by atoms with van der Waals surface area (Å²) in [6, 6.07) is 3.84. The Morgan fingerprint density at radius 1 is 1.28 bits per heavy atom. The highest BCUT2D eigenvalue weighted by Gasteiger charge is 2.14. The molecule has 0 aromatic carbocycles. The first-order chi connectivity index (χ1) is 8.74. The van der Waals surface area contributed by atoms with E-state index in [1.165, 1.54) is 11.3 Å². The van der Waals surface area contributed by atoms with Gasteiger partial charge in [0.05, 0.1) is 10.6 Å². The van der Waals surface area contributed by atoms with Crippen LogP contribution in [-0.4, -0.2) is 17.8 Å². The maximum absolute atomic E-state index is 11.3. The number of rotatable bonds is 2. The number of hydrogen-bond donors (Lipinski definition) is 1. The average molecular weight is 266 g/mol. The number of carbonyl (C=O) groups is 1. The molecule has 0 aliphatic carbocycles. The number of aromatic nitrogens is 1. The van der Waals surface area contributed by atoms with Crippen molar-refractivity contribution in [3.8, 4) is 0 Å². The van der Waals surface area contributed by atoms with Gasteiger partial charge in [-0.1, -0.05) is 27.7 Å². The lowest BCUT2D eigenvalue weighted by Gasteiger charge is -1.98. The van der Waals surface area contributed by atoms with E-state index in [1.807, 2.05) is 46.9 Å². The summed E-state index contributed by atoms with van der Waals surface area (Å²) in [6.45, 7) is 9.57. The molecule has 0 fully saturated rings. The lowest BCUT2D eigenvalue weighted by molar-refractivity contribution is 0.102. The van der Waals surface area contributed by atoms with E-state index in [1.54, 1.807) is 13.1 Å². The maximum atomic E-state index is 11.3. The smallest absolute Gasteiger partial charge is 0.171 e. The lowest BCUT2D eigenvalue weighted by atomic mass is 10.2. The molecular weight excluding hydrogens is 244 g/mol. The molecule has 0 saturated carbocycles. The molecule has 0 atom stereocenters. The molecule has 0 unspecified atom stereocenters. The number of ketones is 1. The Labute approximate surface area is 113 Å². The Kier molecular flexibility index (Phi) is 7.96. The van der Waals surface area contributed by atoms with Crippen molar-refractivity contribution < 1.29 is 4.79 Å². The SMILES string of the molecule is CC.CC.CNc1c(C(C)=O)sc2ncccc12. The fourth-order valence-corrected chi connectivity index (χ4v) is 2.47. The number of pyridine rings is 1. The fraction of sp³-hybridized carbons (Fsp3) is 0.429. The largest absolute Gasteiger partial charge is 0.386 e. The normalized spacial score (nSPS) is 8.78. The molecule has 0 spiro atoms. The van der Waals surface area contributed by atoms with Gasteiger partial charge >= 0.3 is 0 Å². The van der Waals surface area contributed by atoms with Gasteiger partial charge in [-0.3, -0.25) is 4.79 Å². The number of nitrogens with zero attached hydrogens (tertiary/aromatic N) is 1. The van der Waals surface area contributed by atoms with Gasteiger partial charge in [0.2, 0.25) is 0 Å². The van der Waals surface area contributed by atoms with Crippen LogP contribution in [0.5, 0.6) is 0 Å². The highest BCUT2D eigenvalue weighted by atomic mass is 32.1. The first-order valence-corrected chi connectivity index (χ1v) is 7.12. The minimum absolute atomic E-state index is 0.0809. The van der Waals surface area contributed by atoms with Crippen molar-refractivity contribution in [1.29, 1.82) is 0 Å². The van der Waals surface area contributed by atoms with Crippen LogP contribution >= 0.6 is 11.3 Å². The summed E-state index contributed by atoms with van der Waals surface area (Å²) >= 11 is 1.43. The Morgan fingerprint density at radius 3 is 2.39 bits per heavy atom. The second-order valence-corrected chi connectivity index (χ2v) is 3.97. The highest BCUT2D eigenvalue weighted by Crippen LogP contribution is 2.34. The zero-order valence-corrected chi connectivity index (χ0v) is 12.8. The van der Waals surface area contributed by atoms with Gasteiger partial charge in [0.1, 0.15) is 4.83 Å². The third kappa shape index (κ3) is 3.53. The van der Waals surface area contributed by atoms with Gasteiger partial charge in [0.25, 0.3) is 0 Å². The van der Waals surface area contributed by atoms with Gasteiger partial charge in [-0.15, -0.1) is 11.3 Å². The van der Waals surface area contributed by atoms with Crippen LogP contribution in [0.25, 0.3) is 10.2 Å². The molecular formula is C14H22N2OS. The number of fused-ring (bicyclic) bond motifs is 1. The second-order valence-electron chi connectivity index (χ2n) is 2.97. The molecule has 18 heavy (non-hydrogen) atoms. The average Bonchev–Trinajstić information content (AvgIpc) is 2.82. The van der Waals surface area contributed by atoms with E-state index >= 15 is 0 Å². The number of carbonyl (C=O) groups excluding carboxylic acids is 1. The molecule has 1 N–H and O–H groups in total. The Morgan fingerprint density at radius 2 is 1.89 bits per heavy atom. The maximum Gasteiger partial charge on any atom is 0.171 e. The molecule has 0 saturated heterocycles. The molecule has 4 heteroatoms. The van der Waals surface area contributed by atoms with E-state index in [0.717, 1.165) is 20.8 Å². The second kappa shape index (κ2) is 8.64. The van der Waals surface area contributed by atoms with Gasteiger partial charge in [-0.05, 0) is 12.1 Å². The van der Waals surface area contributed by atoms with Crippen LogP contribution in [0, 0.1) is 0 Å². The zero-order chi connectivity index (χ0) is 14.1. The van der Waals surface area contributed by atoms with Crippen LogP contribution in [0.3, 0.4) is 0 Å². The topological polar surface area (TPSA) is 42.0 Å². The van der Waals surface area contributed by atoms with E-state index in [0.29, 0.717) is 0 Å². The molecule has 0 aliphatic heterocycles. The standard InChI is InChI=1S/C10H10N2OS.2C2H6/c1-6(13)9-8(11-2)7-4-3-5-12-10(7)14-9;2*1-2/h3-5,11H,1-2H3;2*1-2H3. The van der Waals surface area contributed by atoms with Crippen molar-refractivity contribution in [2.24, 2.45) is 0 Å². The van der Waals surface area contributed by atoms with Crippen LogP contribution in [0.1, 0.15) is 44.3 Å². The summed E-state index contributed by atoms with van der Waals surface area (Å²) in [5.74, 6) is 0.0809. The molecule has 0 radical (unpaired) electrons. The van der Waals surface area contributed by atoms with Crippen LogP contribution < -0.4 is 5.32 Å². The molecule has 100 valence electrons. The Bertz CT molecular complexity index is 491. The van der Waals surface area contributed by atoms with Crippen LogP contribution in [0.15, 0.2) is 18.3 Å². The molecule has 3 nitrogen and oxygen atoms in total. The first kappa shape index (κ1) is 16.6. The summed E-state index contributed by atoms with van der Waals surface area (Å²) in [4.78, 5) is 17.2. The van der Waals surface area contributed by atoms with Crippen molar-refractivity contribution in [3.05, 3.63) is 23.2 Å². The quantitative estimate of drug-likeness (QED) is 0.808. The van der Waals surface area contributed by atoms with E-state index in [9.17, 15) is 4.79 Å². The molecule has 0 amide bonds. The minimum atomic E-state index is 0.0809. The van der Waals surface area contributed by atoms with E-state index in [4.69, 9.17) is 0 Å². The third-order valence-electron chi connectivity index (χ3n) is 2.04. The Hall–Kier alpha value is -1.42. The number of thiophene rings is 1. The highest BCUT2D eigenvalue weighted by molar-refractivity contribution is 7.21. The molecule has 0 aliphatic rings. The van der Waals surface area contributed by atoms with Gasteiger partial charge in [0, 0.05) is 25.6 Å².